The lowest BCUT2D eigenvalue weighted by Gasteiger charge is -2.31. The van der Waals surface area contributed by atoms with Crippen LogP contribution in [0, 0.1) is 17.1 Å². The molecule has 1 unspecified atom stereocenters. The van der Waals surface area contributed by atoms with Crippen molar-refractivity contribution in [1.82, 2.24) is 24.3 Å². The topological polar surface area (TPSA) is 105 Å². The smallest absolute Gasteiger partial charge is 0.237 e. The Morgan fingerprint density at radius 1 is 1.23 bits per heavy atom. The summed E-state index contributed by atoms with van der Waals surface area (Å²) in [7, 11) is 0. The van der Waals surface area contributed by atoms with Crippen molar-refractivity contribution >= 4 is 11.5 Å². The van der Waals surface area contributed by atoms with Gasteiger partial charge in [-0.15, -0.1) is 0 Å². The van der Waals surface area contributed by atoms with Crippen molar-refractivity contribution in [3.05, 3.63) is 78.1 Å². The number of imidazole rings is 1. The number of pyridine rings is 1. The van der Waals surface area contributed by atoms with Gasteiger partial charge in [0.2, 0.25) is 11.8 Å². The van der Waals surface area contributed by atoms with E-state index in [4.69, 9.17) is 15.5 Å². The molecule has 1 atom stereocenters. The van der Waals surface area contributed by atoms with E-state index in [1.165, 1.54) is 18.3 Å². The van der Waals surface area contributed by atoms with Crippen LogP contribution in [0.15, 0.2) is 61.1 Å². The standard InChI is InChI=1S/C26H24FN7O/c1-2-12-33-13-4-6-19(16-33)23-21-9-11-31-26(29)34(21)24(32-23)17-7-8-22(20(27)14-17)35-25-18(15-28)5-3-10-30-25/h2-3,5,7-12,14,19H,4,6,13,16H2,1H3,(H2,29,31). The minimum absolute atomic E-state index is 0.0367. The monoisotopic (exact) mass is 469 g/mol. The molecule has 3 aromatic heterocycles. The van der Waals surface area contributed by atoms with E-state index in [1.807, 2.05) is 25.1 Å². The first-order chi connectivity index (χ1) is 17.1. The second kappa shape index (κ2) is 9.43. The molecule has 1 aromatic carbocycles. The lowest BCUT2D eigenvalue weighted by molar-refractivity contribution is 0.278. The maximum absolute atomic E-state index is 15.1. The summed E-state index contributed by atoms with van der Waals surface area (Å²) in [4.78, 5) is 15.5. The number of nitriles is 1. The Bertz CT molecular complexity index is 1460. The molecule has 2 N–H and O–H groups in total. The van der Waals surface area contributed by atoms with Crippen molar-refractivity contribution < 1.29 is 9.13 Å². The van der Waals surface area contributed by atoms with E-state index in [1.54, 1.807) is 28.8 Å². The molecule has 1 aliphatic heterocycles. The molecule has 0 bridgehead atoms. The predicted octanol–water partition coefficient (Wildman–Crippen LogP) is 4.89. The lowest BCUT2D eigenvalue weighted by Crippen LogP contribution is -2.30. The van der Waals surface area contributed by atoms with Gasteiger partial charge in [-0.3, -0.25) is 4.40 Å². The first kappa shape index (κ1) is 22.3. The van der Waals surface area contributed by atoms with Gasteiger partial charge >= 0.3 is 0 Å². The minimum Gasteiger partial charge on any atom is -0.435 e. The average Bonchev–Trinajstić information content (AvgIpc) is 3.27. The van der Waals surface area contributed by atoms with Crippen LogP contribution < -0.4 is 10.5 Å². The summed E-state index contributed by atoms with van der Waals surface area (Å²) in [5.74, 6) is 0.424. The van der Waals surface area contributed by atoms with E-state index >= 15 is 4.39 Å². The van der Waals surface area contributed by atoms with Gasteiger partial charge in [0.15, 0.2) is 11.6 Å². The number of halogens is 1. The molecule has 176 valence electrons. The number of hydrogen-bond donors (Lipinski definition) is 1. The van der Waals surface area contributed by atoms with E-state index < -0.39 is 5.82 Å². The molecule has 0 radical (unpaired) electrons. The van der Waals surface area contributed by atoms with Crippen molar-refractivity contribution in [2.45, 2.75) is 25.7 Å². The molecule has 5 rings (SSSR count). The van der Waals surface area contributed by atoms with Crippen molar-refractivity contribution in [1.29, 1.82) is 5.26 Å². The number of nitrogens with zero attached hydrogens (tertiary/aromatic N) is 6. The van der Waals surface area contributed by atoms with Gasteiger partial charge in [0.25, 0.3) is 0 Å². The van der Waals surface area contributed by atoms with Gasteiger partial charge in [-0.2, -0.15) is 5.26 Å². The zero-order chi connectivity index (χ0) is 24.4. The van der Waals surface area contributed by atoms with E-state index in [-0.39, 0.29) is 29.1 Å². The molecule has 8 nitrogen and oxygen atoms in total. The number of nitrogen functional groups attached to an aromatic ring is 1. The second-order valence-corrected chi connectivity index (χ2v) is 8.38. The molecule has 0 saturated carbocycles. The fraction of sp³-hybridized carbons (Fsp3) is 0.231. The summed E-state index contributed by atoms with van der Waals surface area (Å²) in [6.45, 7) is 3.88. The van der Waals surface area contributed by atoms with Gasteiger partial charge < -0.3 is 15.4 Å². The number of hydrogen-bond acceptors (Lipinski definition) is 7. The van der Waals surface area contributed by atoms with Crippen molar-refractivity contribution in [3.8, 4) is 29.1 Å². The van der Waals surface area contributed by atoms with Gasteiger partial charge in [0, 0.05) is 37.0 Å². The first-order valence-electron chi connectivity index (χ1n) is 11.4. The highest BCUT2D eigenvalue weighted by Crippen LogP contribution is 2.35. The van der Waals surface area contributed by atoms with Crippen LogP contribution in [0.25, 0.3) is 16.9 Å². The molecule has 0 amide bonds. The summed E-state index contributed by atoms with van der Waals surface area (Å²) >= 11 is 0. The fourth-order valence-electron chi connectivity index (χ4n) is 4.54. The molecular weight excluding hydrogens is 445 g/mol. The normalized spacial score (nSPS) is 16.0. The van der Waals surface area contributed by atoms with Gasteiger partial charge in [-0.1, -0.05) is 6.08 Å². The number of allylic oxidation sites excluding steroid dienone is 1. The number of anilines is 1. The summed E-state index contributed by atoms with van der Waals surface area (Å²) in [5, 5.41) is 9.24. The van der Waals surface area contributed by atoms with Crippen LogP contribution in [-0.4, -0.2) is 37.3 Å². The quantitative estimate of drug-likeness (QED) is 0.444. The lowest BCUT2D eigenvalue weighted by atomic mass is 9.94. The van der Waals surface area contributed by atoms with Gasteiger partial charge in [-0.05, 0) is 62.4 Å². The third-order valence-electron chi connectivity index (χ3n) is 6.10. The molecule has 0 spiro atoms. The van der Waals surface area contributed by atoms with E-state index in [0.717, 1.165) is 37.1 Å². The summed E-state index contributed by atoms with van der Waals surface area (Å²) < 4.78 is 22.5. The van der Waals surface area contributed by atoms with Gasteiger partial charge in [0.1, 0.15) is 17.5 Å². The van der Waals surface area contributed by atoms with E-state index in [0.29, 0.717) is 11.4 Å². The molecule has 0 aliphatic carbocycles. The summed E-state index contributed by atoms with van der Waals surface area (Å²) in [6.07, 6.45) is 9.37. The Hall–Kier alpha value is -4.45. The van der Waals surface area contributed by atoms with Gasteiger partial charge in [-0.25, -0.2) is 19.3 Å². The Labute approximate surface area is 202 Å². The summed E-state index contributed by atoms with van der Waals surface area (Å²) in [5.41, 5.74) is 8.80. The fourth-order valence-corrected chi connectivity index (χ4v) is 4.54. The van der Waals surface area contributed by atoms with Crippen LogP contribution in [0.4, 0.5) is 10.3 Å². The van der Waals surface area contributed by atoms with Crippen LogP contribution in [-0.2, 0) is 0 Å². The van der Waals surface area contributed by atoms with Crippen LogP contribution in [0.2, 0.25) is 0 Å². The number of likely N-dealkylation sites (tertiary alicyclic amines) is 1. The molecule has 1 fully saturated rings. The second-order valence-electron chi connectivity index (χ2n) is 8.38. The van der Waals surface area contributed by atoms with E-state index in [9.17, 15) is 5.26 Å². The number of benzene rings is 1. The Balaban J connectivity index is 1.54. The minimum atomic E-state index is -0.602. The number of aromatic nitrogens is 4. The van der Waals surface area contributed by atoms with Crippen LogP contribution in [0.1, 0.15) is 36.9 Å². The number of nitrogens with two attached hydrogens (primary N) is 1. The van der Waals surface area contributed by atoms with Crippen molar-refractivity contribution in [2.24, 2.45) is 0 Å². The van der Waals surface area contributed by atoms with Crippen molar-refractivity contribution in [3.63, 3.8) is 0 Å². The highest BCUT2D eigenvalue weighted by Gasteiger charge is 2.26. The van der Waals surface area contributed by atoms with Crippen LogP contribution >= 0.6 is 0 Å². The molecule has 4 aromatic rings. The maximum Gasteiger partial charge on any atom is 0.237 e. The Morgan fingerprint density at radius 3 is 2.91 bits per heavy atom. The Kier molecular flexibility index (Phi) is 6.02. The van der Waals surface area contributed by atoms with E-state index in [2.05, 4.69) is 21.1 Å². The highest BCUT2D eigenvalue weighted by atomic mass is 19.1. The van der Waals surface area contributed by atoms with Crippen LogP contribution in [0.5, 0.6) is 11.6 Å². The average molecular weight is 470 g/mol. The largest absolute Gasteiger partial charge is 0.435 e. The maximum atomic E-state index is 15.1. The van der Waals surface area contributed by atoms with Crippen molar-refractivity contribution in [2.75, 3.05) is 18.8 Å². The third kappa shape index (κ3) is 4.26. The summed E-state index contributed by atoms with van der Waals surface area (Å²) in [6, 6.07) is 11.6. The molecule has 9 heteroatoms. The molecular formula is C26H24FN7O. The Morgan fingerprint density at radius 2 is 2.11 bits per heavy atom. The third-order valence-corrected chi connectivity index (χ3v) is 6.10. The number of piperidine rings is 1. The zero-order valence-electron chi connectivity index (χ0n) is 19.2. The SMILES string of the molecule is CC=CN1CCCC(c2nc(-c3ccc(Oc4ncccc4C#N)c(F)c3)n3c(N)nccc23)C1. The molecule has 4 heterocycles. The van der Waals surface area contributed by atoms with Crippen LogP contribution in [0.3, 0.4) is 0 Å². The molecule has 35 heavy (non-hydrogen) atoms. The molecule has 1 aliphatic rings. The number of rotatable bonds is 5. The zero-order valence-corrected chi connectivity index (χ0v) is 19.2. The predicted molar refractivity (Wildman–Crippen MR) is 130 cm³/mol. The first-order valence-corrected chi connectivity index (χ1v) is 11.4. The number of ether oxygens (including phenoxy) is 1. The molecule has 1 saturated heterocycles. The number of fused-ring (bicyclic) bond motifs is 1. The van der Waals surface area contributed by atoms with Gasteiger partial charge in [0.05, 0.1) is 11.2 Å². The highest BCUT2D eigenvalue weighted by molar-refractivity contribution is 5.69.